The molecule has 0 aliphatic rings. The number of aryl methyl sites for hydroxylation is 1. The number of halogens is 1. The van der Waals surface area contributed by atoms with Crippen molar-refractivity contribution in [2.75, 3.05) is 12.3 Å². The number of thiazole rings is 1. The lowest BCUT2D eigenvalue weighted by Crippen LogP contribution is -2.02. The van der Waals surface area contributed by atoms with Gasteiger partial charge in [-0.25, -0.2) is 4.98 Å². The van der Waals surface area contributed by atoms with E-state index in [0.717, 1.165) is 28.5 Å². The SMILES string of the molecule is Cc1cc(OCCc2csc(N)n2)ccc1Cl. The van der Waals surface area contributed by atoms with Crippen LogP contribution in [-0.2, 0) is 6.42 Å². The first-order valence-electron chi connectivity index (χ1n) is 5.24. The van der Waals surface area contributed by atoms with Crippen LogP contribution >= 0.6 is 22.9 Å². The Bertz CT molecular complexity index is 513. The van der Waals surface area contributed by atoms with Crippen molar-refractivity contribution in [1.29, 1.82) is 0 Å². The van der Waals surface area contributed by atoms with Crippen LogP contribution in [0.4, 0.5) is 5.13 Å². The van der Waals surface area contributed by atoms with Crippen molar-refractivity contribution in [2.45, 2.75) is 13.3 Å². The molecule has 1 aromatic carbocycles. The minimum absolute atomic E-state index is 0.588. The van der Waals surface area contributed by atoms with E-state index in [-0.39, 0.29) is 0 Å². The molecule has 0 bridgehead atoms. The standard InChI is InChI=1S/C12H13ClN2OS/c1-8-6-10(2-3-11(8)13)16-5-4-9-7-17-12(14)15-9/h2-3,6-7H,4-5H2,1H3,(H2,14,15). The zero-order valence-electron chi connectivity index (χ0n) is 9.44. The van der Waals surface area contributed by atoms with Crippen molar-refractivity contribution >= 4 is 28.1 Å². The molecule has 0 saturated heterocycles. The van der Waals surface area contributed by atoms with E-state index in [1.54, 1.807) is 0 Å². The van der Waals surface area contributed by atoms with Crippen LogP contribution < -0.4 is 10.5 Å². The number of nitrogen functional groups attached to an aromatic ring is 1. The predicted octanol–water partition coefficient (Wildman–Crippen LogP) is 3.31. The zero-order chi connectivity index (χ0) is 12.3. The van der Waals surface area contributed by atoms with Gasteiger partial charge >= 0.3 is 0 Å². The van der Waals surface area contributed by atoms with Gasteiger partial charge in [0.05, 0.1) is 12.3 Å². The molecule has 0 unspecified atom stereocenters. The summed E-state index contributed by atoms with van der Waals surface area (Å²) in [6, 6.07) is 5.63. The fourth-order valence-electron chi connectivity index (χ4n) is 1.42. The maximum Gasteiger partial charge on any atom is 0.180 e. The molecule has 5 heteroatoms. The number of ether oxygens (including phenoxy) is 1. The van der Waals surface area contributed by atoms with Gasteiger partial charge in [-0.05, 0) is 30.7 Å². The highest BCUT2D eigenvalue weighted by atomic mass is 35.5. The maximum atomic E-state index is 5.94. The number of hydrogen-bond acceptors (Lipinski definition) is 4. The number of anilines is 1. The Morgan fingerprint density at radius 3 is 2.94 bits per heavy atom. The Balaban J connectivity index is 1.87. The molecule has 1 heterocycles. The molecule has 17 heavy (non-hydrogen) atoms. The molecule has 2 N–H and O–H groups in total. The third-order valence-electron chi connectivity index (χ3n) is 2.33. The highest BCUT2D eigenvalue weighted by molar-refractivity contribution is 7.13. The summed E-state index contributed by atoms with van der Waals surface area (Å²) >= 11 is 7.38. The zero-order valence-corrected chi connectivity index (χ0v) is 11.0. The van der Waals surface area contributed by atoms with Crippen molar-refractivity contribution in [2.24, 2.45) is 0 Å². The lowest BCUT2D eigenvalue weighted by molar-refractivity contribution is 0.320. The third kappa shape index (κ3) is 3.35. The Labute approximate surface area is 109 Å². The number of rotatable bonds is 4. The van der Waals surface area contributed by atoms with Gasteiger partial charge in [-0.15, -0.1) is 11.3 Å². The summed E-state index contributed by atoms with van der Waals surface area (Å²) in [5.41, 5.74) is 7.54. The summed E-state index contributed by atoms with van der Waals surface area (Å²) in [6.07, 6.45) is 0.759. The summed E-state index contributed by atoms with van der Waals surface area (Å²) in [5, 5.41) is 3.30. The van der Waals surface area contributed by atoms with Crippen LogP contribution in [0.1, 0.15) is 11.3 Å². The monoisotopic (exact) mass is 268 g/mol. The van der Waals surface area contributed by atoms with Gasteiger partial charge in [0.15, 0.2) is 5.13 Å². The van der Waals surface area contributed by atoms with Crippen LogP contribution in [0, 0.1) is 6.92 Å². The fraction of sp³-hybridized carbons (Fsp3) is 0.250. The van der Waals surface area contributed by atoms with Gasteiger partial charge in [0.2, 0.25) is 0 Å². The molecule has 2 rings (SSSR count). The van der Waals surface area contributed by atoms with E-state index in [4.69, 9.17) is 22.1 Å². The van der Waals surface area contributed by atoms with Crippen LogP contribution in [0.3, 0.4) is 0 Å². The molecule has 0 aliphatic carbocycles. The van der Waals surface area contributed by atoms with Gasteiger partial charge in [0.25, 0.3) is 0 Å². The summed E-state index contributed by atoms with van der Waals surface area (Å²) in [6.45, 7) is 2.54. The van der Waals surface area contributed by atoms with Gasteiger partial charge in [-0.1, -0.05) is 11.6 Å². The molecular formula is C12H13ClN2OS. The second-order valence-electron chi connectivity index (χ2n) is 3.69. The first kappa shape index (κ1) is 12.2. The average Bonchev–Trinajstić information content (AvgIpc) is 2.70. The van der Waals surface area contributed by atoms with E-state index in [1.165, 1.54) is 11.3 Å². The second kappa shape index (κ2) is 5.38. The Kier molecular flexibility index (Phi) is 3.86. The molecule has 90 valence electrons. The number of aromatic nitrogens is 1. The third-order valence-corrected chi connectivity index (χ3v) is 3.47. The largest absolute Gasteiger partial charge is 0.493 e. The number of nitrogens with zero attached hydrogens (tertiary/aromatic N) is 1. The summed E-state index contributed by atoms with van der Waals surface area (Å²) in [4.78, 5) is 4.17. The molecular weight excluding hydrogens is 256 g/mol. The second-order valence-corrected chi connectivity index (χ2v) is 4.98. The van der Waals surface area contributed by atoms with E-state index in [2.05, 4.69) is 4.98 Å². The quantitative estimate of drug-likeness (QED) is 0.925. The minimum Gasteiger partial charge on any atom is -0.493 e. The number of hydrogen-bond donors (Lipinski definition) is 1. The van der Waals surface area contributed by atoms with Crippen LogP contribution in [-0.4, -0.2) is 11.6 Å². The van der Waals surface area contributed by atoms with E-state index in [1.807, 2.05) is 30.5 Å². The maximum absolute atomic E-state index is 5.94. The van der Waals surface area contributed by atoms with Crippen molar-refractivity contribution < 1.29 is 4.74 Å². The number of benzene rings is 1. The molecule has 0 spiro atoms. The lowest BCUT2D eigenvalue weighted by Gasteiger charge is -2.06. The van der Waals surface area contributed by atoms with E-state index in [9.17, 15) is 0 Å². The molecule has 2 aromatic rings. The molecule has 0 amide bonds. The van der Waals surface area contributed by atoms with Crippen molar-refractivity contribution in [1.82, 2.24) is 4.98 Å². The predicted molar refractivity (Wildman–Crippen MR) is 71.9 cm³/mol. The average molecular weight is 269 g/mol. The molecule has 0 fully saturated rings. The van der Waals surface area contributed by atoms with Crippen LogP contribution in [0.15, 0.2) is 23.6 Å². The molecule has 0 aliphatic heterocycles. The Morgan fingerprint density at radius 1 is 1.47 bits per heavy atom. The van der Waals surface area contributed by atoms with Gasteiger partial charge < -0.3 is 10.5 Å². The Hall–Kier alpha value is -1.26. The van der Waals surface area contributed by atoms with Crippen molar-refractivity contribution in [3.63, 3.8) is 0 Å². The molecule has 0 saturated carbocycles. The molecule has 3 nitrogen and oxygen atoms in total. The van der Waals surface area contributed by atoms with E-state index in [0.29, 0.717) is 11.7 Å². The lowest BCUT2D eigenvalue weighted by atomic mass is 10.2. The Morgan fingerprint density at radius 2 is 2.29 bits per heavy atom. The minimum atomic E-state index is 0.588. The van der Waals surface area contributed by atoms with Crippen LogP contribution in [0.25, 0.3) is 0 Å². The summed E-state index contributed by atoms with van der Waals surface area (Å²) in [7, 11) is 0. The topological polar surface area (TPSA) is 48.1 Å². The van der Waals surface area contributed by atoms with Gasteiger partial charge in [-0.2, -0.15) is 0 Å². The van der Waals surface area contributed by atoms with Gasteiger partial charge in [0, 0.05) is 16.8 Å². The van der Waals surface area contributed by atoms with E-state index >= 15 is 0 Å². The normalized spacial score (nSPS) is 10.5. The highest BCUT2D eigenvalue weighted by Crippen LogP contribution is 2.21. The summed E-state index contributed by atoms with van der Waals surface area (Å²) < 4.78 is 5.62. The van der Waals surface area contributed by atoms with E-state index < -0.39 is 0 Å². The molecule has 0 atom stereocenters. The van der Waals surface area contributed by atoms with Gasteiger partial charge in [-0.3, -0.25) is 0 Å². The summed E-state index contributed by atoms with van der Waals surface area (Å²) in [5.74, 6) is 0.829. The van der Waals surface area contributed by atoms with Crippen molar-refractivity contribution in [3.05, 3.63) is 39.9 Å². The smallest absolute Gasteiger partial charge is 0.180 e. The van der Waals surface area contributed by atoms with Crippen LogP contribution in [0.5, 0.6) is 5.75 Å². The fourth-order valence-corrected chi connectivity index (χ4v) is 2.13. The molecule has 1 aromatic heterocycles. The first-order valence-corrected chi connectivity index (χ1v) is 6.50. The molecule has 0 radical (unpaired) electrons. The van der Waals surface area contributed by atoms with Crippen molar-refractivity contribution in [3.8, 4) is 5.75 Å². The first-order chi connectivity index (χ1) is 8.15. The van der Waals surface area contributed by atoms with Crippen LogP contribution in [0.2, 0.25) is 5.02 Å². The number of nitrogens with two attached hydrogens (primary N) is 1. The van der Waals surface area contributed by atoms with Gasteiger partial charge in [0.1, 0.15) is 5.75 Å². The highest BCUT2D eigenvalue weighted by Gasteiger charge is 2.01.